The maximum absolute atomic E-state index is 11.6. The van der Waals surface area contributed by atoms with E-state index in [9.17, 15) is 4.79 Å². The summed E-state index contributed by atoms with van der Waals surface area (Å²) in [6.07, 6.45) is 0. The van der Waals surface area contributed by atoms with Gasteiger partial charge in [-0.25, -0.2) is 9.97 Å². The quantitative estimate of drug-likeness (QED) is 0.630. The van der Waals surface area contributed by atoms with E-state index in [1.807, 2.05) is 37.3 Å². The zero-order valence-electron chi connectivity index (χ0n) is 15.4. The van der Waals surface area contributed by atoms with E-state index in [0.717, 1.165) is 28.3 Å². The molecule has 0 spiro atoms. The van der Waals surface area contributed by atoms with Crippen molar-refractivity contribution in [2.24, 2.45) is 0 Å². The highest BCUT2D eigenvalue weighted by Crippen LogP contribution is 2.25. The molecule has 5 heteroatoms. The van der Waals surface area contributed by atoms with Crippen LogP contribution in [0.2, 0.25) is 0 Å². The molecule has 0 saturated carbocycles. The topological polar surface area (TPSA) is 66.9 Å². The number of aromatic nitrogens is 2. The second-order valence-electron chi connectivity index (χ2n) is 6.34. The first-order valence-electron chi connectivity index (χ1n) is 8.49. The van der Waals surface area contributed by atoms with Crippen LogP contribution in [0.4, 0.5) is 23.0 Å². The Labute approximate surface area is 153 Å². The van der Waals surface area contributed by atoms with Crippen LogP contribution < -0.4 is 10.6 Å². The van der Waals surface area contributed by atoms with Crippen molar-refractivity contribution in [3.8, 4) is 0 Å². The molecule has 3 aromatic rings. The molecule has 0 atom stereocenters. The molecule has 1 aromatic heterocycles. The van der Waals surface area contributed by atoms with Gasteiger partial charge in [-0.1, -0.05) is 30.3 Å². The van der Waals surface area contributed by atoms with Crippen LogP contribution in [0.3, 0.4) is 0 Å². The van der Waals surface area contributed by atoms with E-state index in [1.54, 1.807) is 13.0 Å². The van der Waals surface area contributed by atoms with Crippen molar-refractivity contribution < 1.29 is 4.79 Å². The Hall–Kier alpha value is -3.21. The SMILES string of the molecule is CC(=O)c1cccc(Nc2cc(Nc3c(C)cccc3C)nc(C)n2)c1. The van der Waals surface area contributed by atoms with Gasteiger partial charge in [-0.2, -0.15) is 0 Å². The van der Waals surface area contributed by atoms with Crippen LogP contribution in [0.25, 0.3) is 0 Å². The van der Waals surface area contributed by atoms with Gasteiger partial charge >= 0.3 is 0 Å². The number of anilines is 4. The number of carbonyl (C=O) groups excluding carboxylic acids is 1. The minimum Gasteiger partial charge on any atom is -0.340 e. The molecular weight excluding hydrogens is 324 g/mol. The van der Waals surface area contributed by atoms with Crippen LogP contribution in [-0.4, -0.2) is 15.8 Å². The normalized spacial score (nSPS) is 10.5. The second kappa shape index (κ2) is 7.35. The zero-order valence-corrected chi connectivity index (χ0v) is 15.4. The predicted molar refractivity (Wildman–Crippen MR) is 106 cm³/mol. The number of aryl methyl sites for hydroxylation is 3. The minimum atomic E-state index is 0.0323. The molecule has 0 aliphatic carbocycles. The smallest absolute Gasteiger partial charge is 0.159 e. The van der Waals surface area contributed by atoms with Crippen molar-refractivity contribution in [3.05, 3.63) is 71.0 Å². The van der Waals surface area contributed by atoms with Gasteiger partial charge < -0.3 is 10.6 Å². The van der Waals surface area contributed by atoms with E-state index in [4.69, 9.17) is 0 Å². The summed E-state index contributed by atoms with van der Waals surface area (Å²) in [6, 6.07) is 15.4. The maximum atomic E-state index is 11.6. The third-order valence-corrected chi connectivity index (χ3v) is 4.11. The lowest BCUT2D eigenvalue weighted by Crippen LogP contribution is -2.03. The molecular formula is C21H22N4O. The zero-order chi connectivity index (χ0) is 18.7. The van der Waals surface area contributed by atoms with Crippen LogP contribution in [-0.2, 0) is 0 Å². The maximum Gasteiger partial charge on any atom is 0.159 e. The van der Waals surface area contributed by atoms with E-state index in [1.165, 1.54) is 0 Å². The summed E-state index contributed by atoms with van der Waals surface area (Å²) in [5.74, 6) is 2.09. The third-order valence-electron chi connectivity index (χ3n) is 4.11. The summed E-state index contributed by atoms with van der Waals surface area (Å²) < 4.78 is 0. The molecule has 132 valence electrons. The highest BCUT2D eigenvalue weighted by Gasteiger charge is 2.07. The first-order valence-corrected chi connectivity index (χ1v) is 8.49. The molecule has 2 N–H and O–H groups in total. The predicted octanol–water partition coefficient (Wildman–Crippen LogP) is 5.09. The van der Waals surface area contributed by atoms with Gasteiger partial charge in [0.25, 0.3) is 0 Å². The fourth-order valence-electron chi connectivity index (χ4n) is 2.80. The molecule has 0 radical (unpaired) electrons. The van der Waals surface area contributed by atoms with E-state index in [0.29, 0.717) is 17.2 Å². The lowest BCUT2D eigenvalue weighted by molar-refractivity contribution is 0.101. The Balaban J connectivity index is 1.88. The Morgan fingerprint density at radius 1 is 0.846 bits per heavy atom. The number of Topliss-reactive ketones (excluding diaryl/α,β-unsaturated/α-hetero) is 1. The van der Waals surface area contributed by atoms with Crippen molar-refractivity contribution in [2.45, 2.75) is 27.7 Å². The summed E-state index contributed by atoms with van der Waals surface area (Å²) in [6.45, 7) is 7.54. The number of nitrogens with zero attached hydrogens (tertiary/aromatic N) is 2. The number of ketones is 1. The van der Waals surface area contributed by atoms with Gasteiger partial charge in [0.05, 0.1) is 0 Å². The Bertz CT molecular complexity index is 946. The number of nitrogens with one attached hydrogen (secondary N) is 2. The molecule has 0 amide bonds. The third kappa shape index (κ3) is 4.06. The van der Waals surface area contributed by atoms with E-state index in [2.05, 4.69) is 46.6 Å². The number of benzene rings is 2. The minimum absolute atomic E-state index is 0.0323. The number of hydrogen-bond donors (Lipinski definition) is 2. The lowest BCUT2D eigenvalue weighted by atomic mass is 10.1. The molecule has 0 saturated heterocycles. The van der Waals surface area contributed by atoms with Crippen molar-refractivity contribution in [1.82, 2.24) is 9.97 Å². The van der Waals surface area contributed by atoms with Crippen molar-refractivity contribution >= 4 is 28.8 Å². The average Bonchev–Trinajstić information content (AvgIpc) is 2.58. The molecule has 0 aliphatic rings. The summed E-state index contributed by atoms with van der Waals surface area (Å²) in [5, 5.41) is 6.64. The molecule has 0 fully saturated rings. The van der Waals surface area contributed by atoms with Crippen molar-refractivity contribution in [3.63, 3.8) is 0 Å². The first-order chi connectivity index (χ1) is 12.4. The highest BCUT2D eigenvalue weighted by atomic mass is 16.1. The molecule has 0 unspecified atom stereocenters. The van der Waals surface area contributed by atoms with Crippen LogP contribution in [0, 0.1) is 20.8 Å². The number of rotatable bonds is 5. The number of carbonyl (C=O) groups is 1. The lowest BCUT2D eigenvalue weighted by Gasteiger charge is -2.14. The second-order valence-corrected chi connectivity index (χ2v) is 6.34. The molecule has 0 aliphatic heterocycles. The molecule has 3 rings (SSSR count). The van der Waals surface area contributed by atoms with Gasteiger partial charge in [0.2, 0.25) is 0 Å². The Morgan fingerprint density at radius 2 is 1.46 bits per heavy atom. The largest absolute Gasteiger partial charge is 0.340 e. The average molecular weight is 346 g/mol. The Kier molecular flexibility index (Phi) is 4.98. The van der Waals surface area contributed by atoms with Gasteiger partial charge in [0, 0.05) is 23.0 Å². The molecule has 2 aromatic carbocycles. The van der Waals surface area contributed by atoms with Crippen LogP contribution >= 0.6 is 0 Å². The number of para-hydroxylation sites is 1. The van der Waals surface area contributed by atoms with Gasteiger partial charge in [-0.05, 0) is 51.0 Å². The monoisotopic (exact) mass is 346 g/mol. The summed E-state index contributed by atoms with van der Waals surface area (Å²) in [4.78, 5) is 20.5. The summed E-state index contributed by atoms with van der Waals surface area (Å²) in [5.41, 5.74) is 4.84. The van der Waals surface area contributed by atoms with Crippen molar-refractivity contribution in [2.75, 3.05) is 10.6 Å². The van der Waals surface area contributed by atoms with Gasteiger partial charge in [-0.3, -0.25) is 4.79 Å². The van der Waals surface area contributed by atoms with Crippen LogP contribution in [0.5, 0.6) is 0 Å². The molecule has 0 bridgehead atoms. The van der Waals surface area contributed by atoms with Gasteiger partial charge in [-0.15, -0.1) is 0 Å². The van der Waals surface area contributed by atoms with Crippen LogP contribution in [0.15, 0.2) is 48.5 Å². The Morgan fingerprint density at radius 3 is 2.12 bits per heavy atom. The highest BCUT2D eigenvalue weighted by molar-refractivity contribution is 5.95. The fraction of sp³-hybridized carbons (Fsp3) is 0.190. The first kappa shape index (κ1) is 17.6. The molecule has 5 nitrogen and oxygen atoms in total. The van der Waals surface area contributed by atoms with E-state index >= 15 is 0 Å². The number of hydrogen-bond acceptors (Lipinski definition) is 5. The summed E-state index contributed by atoms with van der Waals surface area (Å²) in [7, 11) is 0. The van der Waals surface area contributed by atoms with Crippen molar-refractivity contribution in [1.29, 1.82) is 0 Å². The standard InChI is InChI=1S/C21H22N4O/c1-13-7-5-8-14(2)21(13)25-20-12-19(22-16(4)23-20)24-18-10-6-9-17(11-18)15(3)26/h5-12H,1-4H3,(H2,22,23,24,25). The summed E-state index contributed by atoms with van der Waals surface area (Å²) >= 11 is 0. The van der Waals surface area contributed by atoms with Gasteiger partial charge in [0.15, 0.2) is 5.78 Å². The fourth-order valence-corrected chi connectivity index (χ4v) is 2.80. The van der Waals surface area contributed by atoms with Crippen LogP contribution in [0.1, 0.15) is 34.2 Å². The molecule has 1 heterocycles. The van der Waals surface area contributed by atoms with E-state index < -0.39 is 0 Å². The molecule has 26 heavy (non-hydrogen) atoms. The van der Waals surface area contributed by atoms with Gasteiger partial charge in [0.1, 0.15) is 17.5 Å². The van der Waals surface area contributed by atoms with E-state index in [-0.39, 0.29) is 5.78 Å².